The number of carbonyl (C=O) groups is 1. The molecule has 0 saturated carbocycles. The number of carbonyl (C=O) groups excluding carboxylic acids is 1. The smallest absolute Gasteiger partial charge is 0.229 e. The summed E-state index contributed by atoms with van der Waals surface area (Å²) < 4.78 is 0. The third-order valence-corrected chi connectivity index (χ3v) is 2.30. The predicted octanol–water partition coefficient (Wildman–Crippen LogP) is 1.55. The Morgan fingerprint density at radius 3 is 2.53 bits per heavy atom. The van der Waals surface area contributed by atoms with Gasteiger partial charge in [-0.15, -0.1) is 0 Å². The standard InChI is InChI=1S/C12H20N4O/c1-8(13)5-4-6-11(17)16-12-14-9(2)7-10(3)15-12/h7-8H,4-6,13H2,1-3H3,(H,14,15,16,17). The van der Waals surface area contributed by atoms with Crippen LogP contribution in [-0.2, 0) is 4.79 Å². The summed E-state index contributed by atoms with van der Waals surface area (Å²) in [4.78, 5) is 19.9. The Hall–Kier alpha value is -1.49. The molecule has 0 radical (unpaired) electrons. The van der Waals surface area contributed by atoms with Crippen molar-refractivity contribution in [1.29, 1.82) is 0 Å². The van der Waals surface area contributed by atoms with Crippen LogP contribution in [0.25, 0.3) is 0 Å². The molecule has 1 rings (SSSR count). The summed E-state index contributed by atoms with van der Waals surface area (Å²) in [6.07, 6.45) is 2.09. The van der Waals surface area contributed by atoms with E-state index >= 15 is 0 Å². The molecule has 0 aliphatic heterocycles. The third-order valence-electron chi connectivity index (χ3n) is 2.30. The molecule has 1 amide bonds. The highest BCUT2D eigenvalue weighted by atomic mass is 16.1. The highest BCUT2D eigenvalue weighted by Crippen LogP contribution is 2.05. The van der Waals surface area contributed by atoms with Crippen molar-refractivity contribution in [3.05, 3.63) is 17.5 Å². The zero-order valence-electron chi connectivity index (χ0n) is 10.7. The van der Waals surface area contributed by atoms with Gasteiger partial charge in [0.25, 0.3) is 0 Å². The van der Waals surface area contributed by atoms with Crippen molar-refractivity contribution in [2.45, 2.75) is 46.1 Å². The molecule has 3 N–H and O–H groups in total. The summed E-state index contributed by atoms with van der Waals surface area (Å²) in [6.45, 7) is 5.69. The Morgan fingerprint density at radius 2 is 2.00 bits per heavy atom. The second-order valence-electron chi connectivity index (χ2n) is 4.39. The topological polar surface area (TPSA) is 80.9 Å². The fraction of sp³-hybridized carbons (Fsp3) is 0.583. The van der Waals surface area contributed by atoms with Crippen LogP contribution >= 0.6 is 0 Å². The molecule has 94 valence electrons. The van der Waals surface area contributed by atoms with Crippen LogP contribution < -0.4 is 11.1 Å². The van der Waals surface area contributed by atoms with Gasteiger partial charge in [0.2, 0.25) is 11.9 Å². The third kappa shape index (κ3) is 5.40. The number of aromatic nitrogens is 2. The molecule has 1 unspecified atom stereocenters. The van der Waals surface area contributed by atoms with Crippen LogP contribution in [0, 0.1) is 13.8 Å². The Morgan fingerprint density at radius 1 is 1.41 bits per heavy atom. The number of hydrogen-bond acceptors (Lipinski definition) is 4. The van der Waals surface area contributed by atoms with Gasteiger partial charge in [0.15, 0.2) is 0 Å². The summed E-state index contributed by atoms with van der Waals surface area (Å²) >= 11 is 0. The lowest BCUT2D eigenvalue weighted by molar-refractivity contribution is -0.116. The van der Waals surface area contributed by atoms with Crippen molar-refractivity contribution in [2.24, 2.45) is 5.73 Å². The molecule has 5 nitrogen and oxygen atoms in total. The predicted molar refractivity (Wildman–Crippen MR) is 67.6 cm³/mol. The minimum absolute atomic E-state index is 0.0596. The van der Waals surface area contributed by atoms with Crippen molar-refractivity contribution in [3.8, 4) is 0 Å². The number of hydrogen-bond donors (Lipinski definition) is 2. The van der Waals surface area contributed by atoms with E-state index in [2.05, 4.69) is 15.3 Å². The number of nitrogens with one attached hydrogen (secondary N) is 1. The van der Waals surface area contributed by atoms with Crippen LogP contribution in [-0.4, -0.2) is 21.9 Å². The average Bonchev–Trinajstić information content (AvgIpc) is 2.14. The maximum Gasteiger partial charge on any atom is 0.229 e. The highest BCUT2D eigenvalue weighted by molar-refractivity contribution is 5.88. The first-order valence-corrected chi connectivity index (χ1v) is 5.85. The van der Waals surface area contributed by atoms with E-state index in [1.165, 1.54) is 0 Å². The maximum atomic E-state index is 11.6. The number of rotatable bonds is 5. The van der Waals surface area contributed by atoms with Gasteiger partial charge < -0.3 is 5.73 Å². The molecule has 17 heavy (non-hydrogen) atoms. The summed E-state index contributed by atoms with van der Waals surface area (Å²) in [5.74, 6) is 0.323. The number of nitrogens with two attached hydrogens (primary N) is 1. The largest absolute Gasteiger partial charge is 0.328 e. The first kappa shape index (κ1) is 13.6. The number of amides is 1. The Kier molecular flexibility index (Phi) is 5.03. The summed E-state index contributed by atoms with van der Waals surface area (Å²) in [6, 6.07) is 2.01. The van der Waals surface area contributed by atoms with Gasteiger partial charge in [-0.2, -0.15) is 0 Å². The molecule has 1 heterocycles. The maximum absolute atomic E-state index is 11.6. The van der Waals surface area contributed by atoms with Crippen LogP contribution in [0.1, 0.15) is 37.6 Å². The van der Waals surface area contributed by atoms with E-state index in [0.29, 0.717) is 12.4 Å². The average molecular weight is 236 g/mol. The Bertz CT molecular complexity index is 370. The quantitative estimate of drug-likeness (QED) is 0.812. The first-order chi connectivity index (χ1) is 7.97. The van der Waals surface area contributed by atoms with Crippen LogP contribution in [0.3, 0.4) is 0 Å². The van der Waals surface area contributed by atoms with Crippen molar-refractivity contribution < 1.29 is 4.79 Å². The summed E-state index contributed by atoms with van der Waals surface area (Å²) in [7, 11) is 0. The number of nitrogens with zero attached hydrogens (tertiary/aromatic N) is 2. The fourth-order valence-electron chi connectivity index (χ4n) is 1.55. The second kappa shape index (κ2) is 6.30. The zero-order valence-corrected chi connectivity index (χ0v) is 10.7. The number of anilines is 1. The van der Waals surface area contributed by atoms with Gasteiger partial charge in [0, 0.05) is 23.9 Å². The molecule has 0 saturated heterocycles. The van der Waals surface area contributed by atoms with E-state index in [4.69, 9.17) is 5.73 Å². The van der Waals surface area contributed by atoms with Crippen LogP contribution in [0.4, 0.5) is 5.95 Å². The lowest BCUT2D eigenvalue weighted by Gasteiger charge is -2.06. The van der Waals surface area contributed by atoms with E-state index in [9.17, 15) is 4.79 Å². The van der Waals surface area contributed by atoms with Gasteiger partial charge in [-0.25, -0.2) is 9.97 Å². The van der Waals surface area contributed by atoms with E-state index in [1.807, 2.05) is 26.8 Å². The van der Waals surface area contributed by atoms with E-state index < -0.39 is 0 Å². The molecule has 1 aromatic rings. The molecule has 1 aromatic heterocycles. The minimum Gasteiger partial charge on any atom is -0.328 e. The van der Waals surface area contributed by atoms with Crippen molar-refractivity contribution >= 4 is 11.9 Å². The molecular weight excluding hydrogens is 216 g/mol. The Balaban J connectivity index is 2.45. The molecular formula is C12H20N4O. The van der Waals surface area contributed by atoms with Crippen LogP contribution in [0.15, 0.2) is 6.07 Å². The number of aryl methyl sites for hydroxylation is 2. The van der Waals surface area contributed by atoms with Gasteiger partial charge in [0.05, 0.1) is 0 Å². The SMILES string of the molecule is Cc1cc(C)nc(NC(=O)CCCC(C)N)n1. The highest BCUT2D eigenvalue weighted by Gasteiger charge is 2.06. The van der Waals surface area contributed by atoms with Crippen molar-refractivity contribution in [2.75, 3.05) is 5.32 Å². The first-order valence-electron chi connectivity index (χ1n) is 5.85. The van der Waals surface area contributed by atoms with Gasteiger partial charge in [0.1, 0.15) is 0 Å². The Labute approximate surface area is 102 Å². The van der Waals surface area contributed by atoms with Gasteiger partial charge in [-0.05, 0) is 39.7 Å². The summed E-state index contributed by atoms with van der Waals surface area (Å²) in [5.41, 5.74) is 7.32. The molecule has 0 aliphatic rings. The second-order valence-corrected chi connectivity index (χ2v) is 4.39. The molecule has 5 heteroatoms. The van der Waals surface area contributed by atoms with E-state index in [1.54, 1.807) is 0 Å². The molecule has 1 atom stereocenters. The molecule has 0 bridgehead atoms. The monoisotopic (exact) mass is 236 g/mol. The molecule has 0 fully saturated rings. The van der Waals surface area contributed by atoms with Crippen molar-refractivity contribution in [1.82, 2.24) is 9.97 Å². The van der Waals surface area contributed by atoms with Gasteiger partial charge >= 0.3 is 0 Å². The van der Waals surface area contributed by atoms with Crippen LogP contribution in [0.2, 0.25) is 0 Å². The van der Waals surface area contributed by atoms with Crippen LogP contribution in [0.5, 0.6) is 0 Å². The lowest BCUT2D eigenvalue weighted by Crippen LogP contribution is -2.17. The lowest BCUT2D eigenvalue weighted by atomic mass is 10.1. The molecule has 0 aromatic carbocycles. The van der Waals surface area contributed by atoms with Gasteiger partial charge in [-0.3, -0.25) is 10.1 Å². The fourth-order valence-corrected chi connectivity index (χ4v) is 1.55. The van der Waals surface area contributed by atoms with Crippen molar-refractivity contribution in [3.63, 3.8) is 0 Å². The minimum atomic E-state index is -0.0596. The molecule has 0 aliphatic carbocycles. The normalized spacial score (nSPS) is 12.2. The van der Waals surface area contributed by atoms with E-state index in [0.717, 1.165) is 24.2 Å². The summed E-state index contributed by atoms with van der Waals surface area (Å²) in [5, 5.41) is 2.70. The van der Waals surface area contributed by atoms with Gasteiger partial charge in [-0.1, -0.05) is 0 Å². The van der Waals surface area contributed by atoms with E-state index in [-0.39, 0.29) is 11.9 Å². The zero-order chi connectivity index (χ0) is 12.8. The molecule has 0 spiro atoms.